The normalized spacial score (nSPS) is 17.5. The lowest BCUT2D eigenvalue weighted by Gasteiger charge is -2.36. The summed E-state index contributed by atoms with van der Waals surface area (Å²) in [6, 6.07) is 6.88. The van der Waals surface area contributed by atoms with E-state index in [4.69, 9.17) is 10.5 Å². The average Bonchev–Trinajstić information content (AvgIpc) is 2.67. The fraction of sp³-hybridized carbons (Fsp3) is 0.579. The number of hydrogen-bond donors (Lipinski definition) is 2. The topological polar surface area (TPSA) is 87.9 Å². The van der Waals surface area contributed by atoms with Gasteiger partial charge in [0.15, 0.2) is 0 Å². The molecule has 0 aliphatic carbocycles. The predicted octanol–water partition coefficient (Wildman–Crippen LogP) is 1.15. The number of rotatable bonds is 7. The highest BCUT2D eigenvalue weighted by Crippen LogP contribution is 2.22. The molecule has 0 radical (unpaired) electrons. The Balaban J connectivity index is 1.81. The van der Waals surface area contributed by atoms with Gasteiger partial charge in [-0.2, -0.15) is 0 Å². The van der Waals surface area contributed by atoms with E-state index in [0.29, 0.717) is 37.6 Å². The lowest BCUT2D eigenvalue weighted by molar-refractivity contribution is -0.135. The molecule has 0 saturated carbocycles. The standard InChI is InChI=1S/C19H30N4O3/c1-4-14(2)18(20)19(25)23-11-9-22(10-12-23)13-17(24)21-15-7-5-6-8-16(15)26-3/h5-8,14,18H,4,9-13,20H2,1-3H3,(H,21,24). The van der Waals surface area contributed by atoms with Crippen molar-refractivity contribution >= 4 is 17.5 Å². The molecule has 3 N–H and O–H groups in total. The van der Waals surface area contributed by atoms with E-state index in [2.05, 4.69) is 5.32 Å². The van der Waals surface area contributed by atoms with E-state index in [1.165, 1.54) is 0 Å². The number of hydrogen-bond acceptors (Lipinski definition) is 5. The zero-order valence-electron chi connectivity index (χ0n) is 15.9. The first-order valence-electron chi connectivity index (χ1n) is 9.15. The van der Waals surface area contributed by atoms with Gasteiger partial charge in [-0.25, -0.2) is 0 Å². The van der Waals surface area contributed by atoms with E-state index in [9.17, 15) is 9.59 Å². The highest BCUT2D eigenvalue weighted by molar-refractivity contribution is 5.93. The van der Waals surface area contributed by atoms with Gasteiger partial charge in [0.2, 0.25) is 11.8 Å². The summed E-state index contributed by atoms with van der Waals surface area (Å²) in [5, 5.41) is 2.88. The van der Waals surface area contributed by atoms with Crippen molar-refractivity contribution in [3.8, 4) is 5.75 Å². The number of anilines is 1. The molecule has 1 aliphatic rings. The van der Waals surface area contributed by atoms with Gasteiger partial charge in [-0.15, -0.1) is 0 Å². The van der Waals surface area contributed by atoms with Gasteiger partial charge < -0.3 is 20.7 Å². The second-order valence-electron chi connectivity index (χ2n) is 6.76. The first-order chi connectivity index (χ1) is 12.5. The summed E-state index contributed by atoms with van der Waals surface area (Å²) < 4.78 is 5.24. The molecule has 2 unspecified atom stereocenters. The van der Waals surface area contributed by atoms with Crippen LogP contribution in [0.25, 0.3) is 0 Å². The first kappa shape index (κ1) is 20.2. The van der Waals surface area contributed by atoms with Crippen molar-refractivity contribution in [1.29, 1.82) is 0 Å². The van der Waals surface area contributed by atoms with Gasteiger partial charge in [0.05, 0.1) is 25.4 Å². The number of piperazine rings is 1. The van der Waals surface area contributed by atoms with Gasteiger partial charge in [-0.3, -0.25) is 14.5 Å². The number of carbonyl (C=O) groups excluding carboxylic acids is 2. The molecule has 1 saturated heterocycles. The maximum atomic E-state index is 12.4. The summed E-state index contributed by atoms with van der Waals surface area (Å²) in [5.41, 5.74) is 6.71. The number of benzene rings is 1. The summed E-state index contributed by atoms with van der Waals surface area (Å²) in [6.45, 7) is 6.86. The summed E-state index contributed by atoms with van der Waals surface area (Å²) >= 11 is 0. The summed E-state index contributed by atoms with van der Waals surface area (Å²) in [6.07, 6.45) is 0.885. The molecule has 0 spiro atoms. The molecule has 26 heavy (non-hydrogen) atoms. The minimum absolute atomic E-state index is 0.0115. The van der Waals surface area contributed by atoms with Crippen molar-refractivity contribution in [1.82, 2.24) is 9.80 Å². The molecule has 2 atom stereocenters. The molecule has 7 heteroatoms. The van der Waals surface area contributed by atoms with Crippen molar-refractivity contribution in [3.63, 3.8) is 0 Å². The Morgan fingerprint density at radius 1 is 1.23 bits per heavy atom. The van der Waals surface area contributed by atoms with Crippen LogP contribution in [0.3, 0.4) is 0 Å². The van der Waals surface area contributed by atoms with Crippen molar-refractivity contribution < 1.29 is 14.3 Å². The van der Waals surface area contributed by atoms with Crippen molar-refractivity contribution in [2.24, 2.45) is 11.7 Å². The Bertz CT molecular complexity index is 615. The zero-order valence-corrected chi connectivity index (χ0v) is 15.9. The number of amides is 2. The predicted molar refractivity (Wildman–Crippen MR) is 102 cm³/mol. The number of nitrogens with two attached hydrogens (primary N) is 1. The highest BCUT2D eigenvalue weighted by atomic mass is 16.5. The van der Waals surface area contributed by atoms with Crippen LogP contribution in [0.5, 0.6) is 5.75 Å². The molecule has 2 amide bonds. The minimum atomic E-state index is -0.444. The third-order valence-corrected chi connectivity index (χ3v) is 4.97. The van der Waals surface area contributed by atoms with Crippen LogP contribution in [0.4, 0.5) is 5.69 Å². The van der Waals surface area contributed by atoms with Crippen LogP contribution in [0, 0.1) is 5.92 Å². The Morgan fingerprint density at radius 2 is 1.88 bits per heavy atom. The highest BCUT2D eigenvalue weighted by Gasteiger charge is 2.28. The van der Waals surface area contributed by atoms with E-state index in [1.54, 1.807) is 13.2 Å². The quantitative estimate of drug-likeness (QED) is 0.760. The molecule has 7 nitrogen and oxygen atoms in total. The fourth-order valence-corrected chi connectivity index (χ4v) is 2.98. The maximum absolute atomic E-state index is 12.4. The van der Waals surface area contributed by atoms with Crippen LogP contribution in [-0.4, -0.2) is 67.5 Å². The molecule has 144 valence electrons. The molecular weight excluding hydrogens is 332 g/mol. The van der Waals surface area contributed by atoms with E-state index < -0.39 is 6.04 Å². The van der Waals surface area contributed by atoms with Crippen LogP contribution >= 0.6 is 0 Å². The number of para-hydroxylation sites is 2. The minimum Gasteiger partial charge on any atom is -0.495 e. The molecule has 2 rings (SSSR count). The Labute approximate surface area is 155 Å². The maximum Gasteiger partial charge on any atom is 0.239 e. The largest absolute Gasteiger partial charge is 0.495 e. The number of nitrogens with one attached hydrogen (secondary N) is 1. The van der Waals surface area contributed by atoms with Crippen molar-refractivity contribution in [3.05, 3.63) is 24.3 Å². The lowest BCUT2D eigenvalue weighted by atomic mass is 9.98. The molecule has 0 bridgehead atoms. The number of nitrogens with zero attached hydrogens (tertiary/aromatic N) is 2. The van der Waals surface area contributed by atoms with E-state index >= 15 is 0 Å². The van der Waals surface area contributed by atoms with Crippen LogP contribution in [0.15, 0.2) is 24.3 Å². The van der Waals surface area contributed by atoms with Crippen LogP contribution in [0.1, 0.15) is 20.3 Å². The third kappa shape index (κ3) is 5.19. The first-order valence-corrected chi connectivity index (χ1v) is 9.15. The van der Waals surface area contributed by atoms with E-state index in [-0.39, 0.29) is 24.3 Å². The fourth-order valence-electron chi connectivity index (χ4n) is 2.98. The Morgan fingerprint density at radius 3 is 2.50 bits per heavy atom. The Hall–Kier alpha value is -2.12. The van der Waals surface area contributed by atoms with Gasteiger partial charge in [-0.1, -0.05) is 32.4 Å². The number of carbonyl (C=O) groups is 2. The molecule has 0 aromatic heterocycles. The molecule has 1 aliphatic heterocycles. The molecule has 1 heterocycles. The van der Waals surface area contributed by atoms with Gasteiger partial charge >= 0.3 is 0 Å². The summed E-state index contributed by atoms with van der Waals surface area (Å²) in [7, 11) is 1.57. The molecule has 1 aromatic carbocycles. The second-order valence-corrected chi connectivity index (χ2v) is 6.76. The average molecular weight is 362 g/mol. The number of ether oxygens (including phenoxy) is 1. The zero-order chi connectivity index (χ0) is 19.1. The van der Waals surface area contributed by atoms with Crippen LogP contribution in [0.2, 0.25) is 0 Å². The van der Waals surface area contributed by atoms with Crippen LogP contribution in [-0.2, 0) is 9.59 Å². The summed E-state index contributed by atoms with van der Waals surface area (Å²) in [5.74, 6) is 0.727. The van der Waals surface area contributed by atoms with Crippen molar-refractivity contribution in [2.45, 2.75) is 26.3 Å². The smallest absolute Gasteiger partial charge is 0.239 e. The van der Waals surface area contributed by atoms with Crippen LogP contribution < -0.4 is 15.8 Å². The molecule has 1 aromatic rings. The third-order valence-electron chi connectivity index (χ3n) is 4.97. The van der Waals surface area contributed by atoms with E-state index in [1.807, 2.05) is 41.8 Å². The Kier molecular flexibility index (Phi) is 7.41. The van der Waals surface area contributed by atoms with Gasteiger partial charge in [0.1, 0.15) is 5.75 Å². The molecule has 1 fully saturated rings. The monoisotopic (exact) mass is 362 g/mol. The van der Waals surface area contributed by atoms with Gasteiger partial charge in [0.25, 0.3) is 0 Å². The van der Waals surface area contributed by atoms with Crippen molar-refractivity contribution in [2.75, 3.05) is 45.2 Å². The number of methoxy groups -OCH3 is 1. The second kappa shape index (κ2) is 9.54. The van der Waals surface area contributed by atoms with Gasteiger partial charge in [0, 0.05) is 26.2 Å². The lowest BCUT2D eigenvalue weighted by Crippen LogP contribution is -2.55. The summed E-state index contributed by atoms with van der Waals surface area (Å²) in [4.78, 5) is 28.6. The molecular formula is C19H30N4O3. The van der Waals surface area contributed by atoms with Gasteiger partial charge in [-0.05, 0) is 18.1 Å². The SMILES string of the molecule is CCC(C)C(N)C(=O)N1CCN(CC(=O)Nc2ccccc2OC)CC1. The van der Waals surface area contributed by atoms with E-state index in [0.717, 1.165) is 6.42 Å².